The van der Waals surface area contributed by atoms with Crippen molar-refractivity contribution in [2.75, 3.05) is 6.61 Å². The van der Waals surface area contributed by atoms with Crippen molar-refractivity contribution in [2.24, 2.45) is 0 Å². The Balaban J connectivity index is 1.29. The molecule has 0 spiro atoms. The monoisotopic (exact) mass is 874 g/mol. The van der Waals surface area contributed by atoms with Crippen molar-refractivity contribution in [1.29, 1.82) is 0 Å². The maximum absolute atomic E-state index is 13.1. The summed E-state index contributed by atoms with van der Waals surface area (Å²) in [6.07, 6.45) is -1.68. The maximum atomic E-state index is 13.1. The van der Waals surface area contributed by atoms with Crippen LogP contribution in [0.3, 0.4) is 0 Å². The first-order valence-corrected chi connectivity index (χ1v) is 23.6. The summed E-state index contributed by atoms with van der Waals surface area (Å²) in [5, 5.41) is 11.4. The minimum atomic E-state index is -4.09. The summed E-state index contributed by atoms with van der Waals surface area (Å²) in [6, 6.07) is 16.2. The molecule has 3 aliphatic rings. The number of alkyl halides is 1. The van der Waals surface area contributed by atoms with Gasteiger partial charge < -0.3 is 38.0 Å². The predicted molar refractivity (Wildman–Crippen MR) is 207 cm³/mol. The van der Waals surface area contributed by atoms with Crippen LogP contribution in [-0.4, -0.2) is 93.8 Å². The lowest BCUT2D eigenvalue weighted by Crippen LogP contribution is -2.60. The lowest BCUT2D eigenvalue weighted by atomic mass is 10.0. The van der Waals surface area contributed by atoms with Crippen molar-refractivity contribution in [3.63, 3.8) is 0 Å². The molecular formula is C38H55IO11SSi. The number of aryl methyl sites for hydroxylation is 1. The number of benzene rings is 2. The molecule has 0 saturated carbocycles. The van der Waals surface area contributed by atoms with Gasteiger partial charge in [-0.05, 0) is 69.1 Å². The molecule has 2 aromatic rings. The third-order valence-electron chi connectivity index (χ3n) is 10.4. The van der Waals surface area contributed by atoms with E-state index in [1.165, 1.54) is 18.4 Å². The van der Waals surface area contributed by atoms with E-state index in [2.05, 4.69) is 56.5 Å². The first-order valence-electron chi connectivity index (χ1n) is 18.0. The lowest BCUT2D eigenvalue weighted by Gasteiger charge is -2.47. The average Bonchev–Trinajstić information content (AvgIpc) is 3.09. The summed E-state index contributed by atoms with van der Waals surface area (Å²) < 4.78 is 76.0. The molecule has 5 rings (SSSR count). The fourth-order valence-corrected chi connectivity index (χ4v) is 9.35. The summed E-state index contributed by atoms with van der Waals surface area (Å²) in [7, 11) is -6.09. The van der Waals surface area contributed by atoms with Crippen LogP contribution < -0.4 is 0 Å². The zero-order valence-electron chi connectivity index (χ0n) is 31.3. The van der Waals surface area contributed by atoms with Gasteiger partial charge in [0.15, 0.2) is 27.0 Å². The number of hydrogen-bond acceptors (Lipinski definition) is 11. The Labute approximate surface area is 324 Å². The van der Waals surface area contributed by atoms with Crippen LogP contribution in [0, 0.1) is 6.92 Å². The van der Waals surface area contributed by atoms with Crippen LogP contribution in [0.4, 0.5) is 0 Å². The Bertz CT molecular complexity index is 1570. The second kappa shape index (κ2) is 17.6. The Morgan fingerprint density at radius 2 is 1.63 bits per heavy atom. The smallest absolute Gasteiger partial charge is 0.297 e. The highest BCUT2D eigenvalue weighted by Gasteiger charge is 2.49. The van der Waals surface area contributed by atoms with E-state index >= 15 is 0 Å². The largest absolute Gasteiger partial charge is 0.493 e. The highest BCUT2D eigenvalue weighted by molar-refractivity contribution is 14.1. The zero-order valence-corrected chi connectivity index (χ0v) is 35.3. The molecule has 2 aromatic carbocycles. The van der Waals surface area contributed by atoms with Gasteiger partial charge in [0.1, 0.15) is 31.0 Å². The number of hydrogen-bond donors (Lipinski definition) is 1. The van der Waals surface area contributed by atoms with Crippen LogP contribution in [0.1, 0.15) is 58.6 Å². The van der Waals surface area contributed by atoms with Crippen LogP contribution in [0.25, 0.3) is 0 Å². The molecular weight excluding hydrogens is 819 g/mol. The Kier molecular flexibility index (Phi) is 14.1. The van der Waals surface area contributed by atoms with E-state index in [9.17, 15) is 13.5 Å². The van der Waals surface area contributed by atoms with Crippen molar-refractivity contribution in [3.05, 3.63) is 78.1 Å². The summed E-state index contributed by atoms with van der Waals surface area (Å²) in [5.41, 5.74) is 1.89. The highest BCUT2D eigenvalue weighted by atomic mass is 127. The summed E-state index contributed by atoms with van der Waals surface area (Å²) >= 11 is 2.19. The zero-order chi connectivity index (χ0) is 37.8. The van der Waals surface area contributed by atoms with Gasteiger partial charge in [-0.25, -0.2) is 0 Å². The first-order chi connectivity index (χ1) is 24.4. The van der Waals surface area contributed by atoms with E-state index in [1.807, 2.05) is 44.2 Å². The fraction of sp³-hybridized carbons (Fsp3) is 0.632. The molecule has 11 atom stereocenters. The molecule has 0 aromatic heterocycles. The second-order valence-corrected chi connectivity index (χ2v) is 23.2. The number of aliphatic hydroxyl groups excluding tert-OH is 1. The molecule has 11 nitrogen and oxygen atoms in total. The molecule has 0 aliphatic carbocycles. The highest BCUT2D eigenvalue weighted by Crippen LogP contribution is 2.40. The van der Waals surface area contributed by atoms with Gasteiger partial charge >= 0.3 is 0 Å². The Morgan fingerprint density at radius 1 is 0.942 bits per heavy atom. The summed E-state index contributed by atoms with van der Waals surface area (Å²) in [5.74, 6) is 0. The van der Waals surface area contributed by atoms with Crippen LogP contribution in [-0.2, 0) is 53.8 Å². The van der Waals surface area contributed by atoms with E-state index in [1.54, 1.807) is 25.1 Å². The molecule has 290 valence electrons. The van der Waals surface area contributed by atoms with Gasteiger partial charge in [-0.1, -0.05) is 91.4 Å². The van der Waals surface area contributed by atoms with Crippen LogP contribution in [0.5, 0.6) is 0 Å². The van der Waals surface area contributed by atoms with Gasteiger partial charge in [-0.2, -0.15) is 8.42 Å². The van der Waals surface area contributed by atoms with E-state index in [4.69, 9.17) is 37.0 Å². The standard InChI is InChI=1S/C38H55IO11SSi/c1-24-14-16-28(17-15-24)51(41,42)45-23-31-35(30(20-21-43-31)44-22-27-12-10-9-11-13-27)49-37-33(39)36(34(40)26(3)47-37)48-32-19-18-29(25(2)46-32)50-52(7,8)38(4,5)6/h9-17,20-21,25-26,29-37,40H,18-19,22-23H2,1-8H3/t25-,26+,29-,30+,31+,32-,33+,34+,35-,36+,37-/m0/s1. The number of aliphatic hydroxyl groups is 1. The number of halogens is 1. The maximum Gasteiger partial charge on any atom is 0.297 e. The molecule has 0 radical (unpaired) electrons. The van der Waals surface area contributed by atoms with Crippen molar-refractivity contribution in [3.8, 4) is 0 Å². The Hall–Kier alpha value is -1.44. The van der Waals surface area contributed by atoms with Gasteiger partial charge in [0.05, 0.1) is 40.0 Å². The van der Waals surface area contributed by atoms with Gasteiger partial charge in [0, 0.05) is 6.42 Å². The average molecular weight is 875 g/mol. The van der Waals surface area contributed by atoms with Gasteiger partial charge in [0.25, 0.3) is 10.1 Å². The van der Waals surface area contributed by atoms with Gasteiger partial charge in [-0.15, -0.1) is 0 Å². The van der Waals surface area contributed by atoms with E-state index in [0.717, 1.165) is 17.5 Å². The summed E-state index contributed by atoms with van der Waals surface area (Å²) in [6.45, 7) is 16.8. The van der Waals surface area contributed by atoms with Gasteiger partial charge in [0.2, 0.25) is 0 Å². The van der Waals surface area contributed by atoms with Crippen molar-refractivity contribution >= 4 is 41.0 Å². The second-order valence-electron chi connectivity index (χ2n) is 15.4. The van der Waals surface area contributed by atoms with Crippen LogP contribution in [0.15, 0.2) is 71.8 Å². The molecule has 3 heterocycles. The first kappa shape index (κ1) is 41.7. The predicted octanol–water partition coefficient (Wildman–Crippen LogP) is 6.79. The minimum absolute atomic E-state index is 0.0353. The number of ether oxygens (including phenoxy) is 6. The van der Waals surface area contributed by atoms with E-state index in [-0.39, 0.29) is 35.4 Å². The quantitative estimate of drug-likeness (QED) is 0.0989. The normalized spacial score (nSPS) is 33.1. The van der Waals surface area contributed by atoms with Crippen molar-refractivity contribution in [1.82, 2.24) is 0 Å². The third kappa shape index (κ3) is 10.4. The SMILES string of the molecule is Cc1ccc(S(=O)(=O)OC[C@H]2OC=C[C@@H](OCc3ccccc3)[C@@H]2O[C@@H]2O[C@H](C)[C@@H](O)[C@H](O[C@H]3CC[C@H](O[Si](C)(C)C(C)(C)C)[C@H](C)O3)[C@H]2I)cc1. The van der Waals surface area contributed by atoms with Crippen molar-refractivity contribution in [2.45, 2.75) is 149 Å². The van der Waals surface area contributed by atoms with Crippen LogP contribution >= 0.6 is 22.6 Å². The topological polar surface area (TPSA) is 128 Å². The summed E-state index contributed by atoms with van der Waals surface area (Å²) in [4.78, 5) is 0.0432. The fourth-order valence-electron chi connectivity index (χ4n) is 6.08. The number of rotatable bonds is 13. The Morgan fingerprint density at radius 3 is 2.29 bits per heavy atom. The van der Waals surface area contributed by atoms with E-state index in [0.29, 0.717) is 6.42 Å². The minimum Gasteiger partial charge on any atom is -0.493 e. The molecule has 52 heavy (non-hydrogen) atoms. The lowest BCUT2D eigenvalue weighted by molar-refractivity contribution is -0.306. The third-order valence-corrected chi connectivity index (χ3v) is 17.5. The molecule has 2 saturated heterocycles. The van der Waals surface area contributed by atoms with Gasteiger partial charge in [-0.3, -0.25) is 4.18 Å². The molecule has 0 amide bonds. The van der Waals surface area contributed by atoms with Crippen molar-refractivity contribution < 1.29 is 50.6 Å². The van der Waals surface area contributed by atoms with Crippen LogP contribution in [0.2, 0.25) is 18.1 Å². The van der Waals surface area contributed by atoms with E-state index < -0.39 is 71.6 Å². The molecule has 0 unspecified atom stereocenters. The molecule has 2 fully saturated rings. The molecule has 14 heteroatoms. The molecule has 1 N–H and O–H groups in total. The molecule has 3 aliphatic heterocycles. The molecule has 0 bridgehead atoms.